The molecule has 0 saturated heterocycles. The zero-order chi connectivity index (χ0) is 12.3. The van der Waals surface area contributed by atoms with Gasteiger partial charge in [0.05, 0.1) is 6.04 Å². The molecule has 2 rings (SSSR count). The minimum atomic E-state index is 0.198. The number of hydrogen-bond donors (Lipinski definition) is 1. The molecule has 0 fully saturated rings. The Labute approximate surface area is 102 Å². The Kier molecular flexibility index (Phi) is 3.42. The lowest BCUT2D eigenvalue weighted by atomic mass is 10.1. The van der Waals surface area contributed by atoms with Gasteiger partial charge in [0.25, 0.3) is 0 Å². The fraction of sp³-hybridized carbons (Fsp3) is 0.385. The van der Waals surface area contributed by atoms with Crippen molar-refractivity contribution in [3.8, 4) is 0 Å². The molecular weight excluding hydrogens is 212 g/mol. The third-order valence-electron chi connectivity index (χ3n) is 2.76. The van der Waals surface area contributed by atoms with E-state index in [1.807, 2.05) is 24.7 Å². The molecule has 1 N–H and O–H groups in total. The van der Waals surface area contributed by atoms with Crippen LogP contribution in [0.2, 0.25) is 0 Å². The van der Waals surface area contributed by atoms with Crippen molar-refractivity contribution >= 4 is 5.95 Å². The Morgan fingerprint density at radius 1 is 1.24 bits per heavy atom. The van der Waals surface area contributed by atoms with E-state index in [2.05, 4.69) is 46.7 Å². The first-order valence-electron chi connectivity index (χ1n) is 5.87. The summed E-state index contributed by atoms with van der Waals surface area (Å²) in [5.74, 6) is 0.899. The summed E-state index contributed by atoms with van der Waals surface area (Å²) in [5.41, 5.74) is 1.16. The fourth-order valence-corrected chi connectivity index (χ4v) is 1.75. The lowest BCUT2D eigenvalue weighted by molar-refractivity contribution is 0.600. The summed E-state index contributed by atoms with van der Waals surface area (Å²) in [6.07, 6.45) is 7.47. The number of imidazole rings is 1. The molecule has 0 aliphatic carbocycles. The van der Waals surface area contributed by atoms with Gasteiger partial charge >= 0.3 is 0 Å². The predicted molar refractivity (Wildman–Crippen MR) is 68.9 cm³/mol. The van der Waals surface area contributed by atoms with Crippen molar-refractivity contribution in [1.82, 2.24) is 14.5 Å². The Bertz CT molecular complexity index is 461. The van der Waals surface area contributed by atoms with Gasteiger partial charge in [-0.05, 0) is 32.4 Å². The van der Waals surface area contributed by atoms with Crippen LogP contribution in [-0.4, -0.2) is 14.5 Å². The first-order chi connectivity index (χ1) is 8.18. The van der Waals surface area contributed by atoms with E-state index in [0.29, 0.717) is 6.04 Å². The molecule has 0 saturated carbocycles. The second-order valence-corrected chi connectivity index (χ2v) is 4.40. The molecule has 90 valence electrons. The zero-order valence-corrected chi connectivity index (χ0v) is 10.5. The van der Waals surface area contributed by atoms with Gasteiger partial charge in [-0.3, -0.25) is 4.98 Å². The largest absolute Gasteiger partial charge is 0.349 e. The number of nitrogens with zero attached hydrogens (tertiary/aromatic N) is 3. The molecule has 2 aromatic heterocycles. The van der Waals surface area contributed by atoms with Gasteiger partial charge in [-0.2, -0.15) is 0 Å². The first kappa shape index (κ1) is 11.6. The third kappa shape index (κ3) is 2.64. The van der Waals surface area contributed by atoms with Crippen LogP contribution in [0.3, 0.4) is 0 Å². The first-order valence-corrected chi connectivity index (χ1v) is 5.87. The average molecular weight is 230 g/mol. The van der Waals surface area contributed by atoms with Crippen LogP contribution in [0.1, 0.15) is 38.4 Å². The van der Waals surface area contributed by atoms with Crippen molar-refractivity contribution in [2.45, 2.75) is 32.9 Å². The Morgan fingerprint density at radius 3 is 2.71 bits per heavy atom. The second-order valence-electron chi connectivity index (χ2n) is 4.40. The van der Waals surface area contributed by atoms with Crippen LogP contribution in [0, 0.1) is 0 Å². The lowest BCUT2D eigenvalue weighted by Crippen LogP contribution is -2.12. The van der Waals surface area contributed by atoms with E-state index in [4.69, 9.17) is 0 Å². The van der Waals surface area contributed by atoms with Gasteiger partial charge < -0.3 is 9.88 Å². The topological polar surface area (TPSA) is 42.7 Å². The molecule has 2 aromatic rings. The van der Waals surface area contributed by atoms with Gasteiger partial charge in [-0.25, -0.2) is 4.98 Å². The molecule has 17 heavy (non-hydrogen) atoms. The standard InChI is InChI=1S/C13H18N4/c1-10(2)17-8-7-15-13(17)16-11(3)12-5-4-6-14-9-12/h4-11H,1-3H3,(H,15,16). The molecule has 0 radical (unpaired) electrons. The number of aromatic nitrogens is 3. The maximum absolute atomic E-state index is 4.33. The quantitative estimate of drug-likeness (QED) is 0.877. The summed E-state index contributed by atoms with van der Waals surface area (Å²) in [7, 11) is 0. The number of rotatable bonds is 4. The Morgan fingerprint density at radius 2 is 2.06 bits per heavy atom. The second kappa shape index (κ2) is 4.99. The third-order valence-corrected chi connectivity index (χ3v) is 2.76. The smallest absolute Gasteiger partial charge is 0.203 e. The van der Waals surface area contributed by atoms with Crippen LogP contribution >= 0.6 is 0 Å². The van der Waals surface area contributed by atoms with Crippen molar-refractivity contribution in [3.05, 3.63) is 42.5 Å². The summed E-state index contributed by atoms with van der Waals surface area (Å²) in [5, 5.41) is 3.40. The monoisotopic (exact) mass is 230 g/mol. The van der Waals surface area contributed by atoms with Crippen LogP contribution in [0.5, 0.6) is 0 Å². The van der Waals surface area contributed by atoms with Crippen molar-refractivity contribution in [2.75, 3.05) is 5.32 Å². The molecule has 0 aromatic carbocycles. The molecule has 1 unspecified atom stereocenters. The minimum absolute atomic E-state index is 0.198. The normalized spacial score (nSPS) is 12.7. The number of pyridine rings is 1. The van der Waals surface area contributed by atoms with Gasteiger partial charge in [0.1, 0.15) is 0 Å². The molecule has 4 nitrogen and oxygen atoms in total. The minimum Gasteiger partial charge on any atom is -0.349 e. The molecule has 4 heteroatoms. The maximum Gasteiger partial charge on any atom is 0.203 e. The van der Waals surface area contributed by atoms with Crippen LogP contribution in [0.25, 0.3) is 0 Å². The van der Waals surface area contributed by atoms with E-state index in [1.54, 1.807) is 6.20 Å². The fourth-order valence-electron chi connectivity index (χ4n) is 1.75. The summed E-state index contributed by atoms with van der Waals surface area (Å²) in [6, 6.07) is 4.61. The molecule has 1 atom stereocenters. The molecule has 0 aliphatic rings. The van der Waals surface area contributed by atoms with Crippen LogP contribution in [0.4, 0.5) is 5.95 Å². The van der Waals surface area contributed by atoms with Gasteiger partial charge in [-0.15, -0.1) is 0 Å². The van der Waals surface area contributed by atoms with Crippen molar-refractivity contribution in [3.63, 3.8) is 0 Å². The molecule has 0 bridgehead atoms. The van der Waals surface area contributed by atoms with Crippen LogP contribution in [-0.2, 0) is 0 Å². The zero-order valence-electron chi connectivity index (χ0n) is 10.5. The van der Waals surface area contributed by atoms with E-state index in [9.17, 15) is 0 Å². The molecular formula is C13H18N4. The molecule has 0 amide bonds. The van der Waals surface area contributed by atoms with Crippen LogP contribution in [0.15, 0.2) is 36.9 Å². The average Bonchev–Trinajstić information content (AvgIpc) is 2.78. The van der Waals surface area contributed by atoms with E-state index in [-0.39, 0.29) is 6.04 Å². The maximum atomic E-state index is 4.33. The summed E-state index contributed by atoms with van der Waals surface area (Å²) in [4.78, 5) is 8.46. The van der Waals surface area contributed by atoms with Crippen molar-refractivity contribution in [1.29, 1.82) is 0 Å². The lowest BCUT2D eigenvalue weighted by Gasteiger charge is -2.17. The van der Waals surface area contributed by atoms with E-state index in [1.165, 1.54) is 0 Å². The van der Waals surface area contributed by atoms with Gasteiger partial charge in [0, 0.05) is 30.8 Å². The van der Waals surface area contributed by atoms with Gasteiger partial charge in [0.2, 0.25) is 5.95 Å². The Balaban J connectivity index is 2.13. The molecule has 2 heterocycles. The summed E-state index contributed by atoms with van der Waals surface area (Å²) < 4.78 is 2.12. The summed E-state index contributed by atoms with van der Waals surface area (Å²) >= 11 is 0. The highest BCUT2D eigenvalue weighted by Gasteiger charge is 2.10. The van der Waals surface area contributed by atoms with Crippen molar-refractivity contribution < 1.29 is 0 Å². The molecule has 0 spiro atoms. The number of hydrogen-bond acceptors (Lipinski definition) is 3. The van der Waals surface area contributed by atoms with E-state index >= 15 is 0 Å². The predicted octanol–water partition coefficient (Wildman–Crippen LogP) is 3.03. The Hall–Kier alpha value is -1.84. The van der Waals surface area contributed by atoms with E-state index in [0.717, 1.165) is 11.5 Å². The SMILES string of the molecule is CC(Nc1nccn1C(C)C)c1cccnc1. The van der Waals surface area contributed by atoms with Crippen LogP contribution < -0.4 is 5.32 Å². The highest BCUT2D eigenvalue weighted by atomic mass is 15.2. The van der Waals surface area contributed by atoms with E-state index < -0.39 is 0 Å². The number of anilines is 1. The van der Waals surface area contributed by atoms with Gasteiger partial charge in [-0.1, -0.05) is 6.07 Å². The van der Waals surface area contributed by atoms with Gasteiger partial charge in [0.15, 0.2) is 0 Å². The molecule has 0 aliphatic heterocycles. The summed E-state index contributed by atoms with van der Waals surface area (Å²) in [6.45, 7) is 6.39. The highest BCUT2D eigenvalue weighted by Crippen LogP contribution is 2.19. The highest BCUT2D eigenvalue weighted by molar-refractivity contribution is 5.32. The van der Waals surface area contributed by atoms with Crippen molar-refractivity contribution in [2.24, 2.45) is 0 Å². The number of nitrogens with one attached hydrogen (secondary N) is 1.